The maximum atomic E-state index is 12.9. The van der Waals surface area contributed by atoms with Crippen LogP contribution in [0.4, 0.5) is 10.8 Å². The lowest BCUT2D eigenvalue weighted by Gasteiger charge is -2.23. The number of benzene rings is 2. The van der Waals surface area contributed by atoms with Crippen molar-refractivity contribution in [1.82, 2.24) is 4.98 Å². The van der Waals surface area contributed by atoms with Crippen molar-refractivity contribution in [3.8, 4) is 5.75 Å². The molecule has 0 radical (unpaired) electrons. The summed E-state index contributed by atoms with van der Waals surface area (Å²) in [5.74, 6) is -1.52. The molecular weight excluding hydrogens is 422 g/mol. The number of Topliss-reactive ketones (excluding diaryl/α,β-unsaturated/α-hetero) is 1. The first-order valence-corrected chi connectivity index (χ1v) is 9.89. The third-order valence-electron chi connectivity index (χ3n) is 4.85. The van der Waals surface area contributed by atoms with Gasteiger partial charge < -0.3 is 9.84 Å². The van der Waals surface area contributed by atoms with Gasteiger partial charge in [-0.2, -0.15) is 0 Å². The zero-order chi connectivity index (χ0) is 22.1. The van der Waals surface area contributed by atoms with E-state index in [4.69, 9.17) is 4.74 Å². The molecule has 2 aromatic carbocycles. The smallest absolute Gasteiger partial charge is 0.301 e. The summed E-state index contributed by atoms with van der Waals surface area (Å²) in [6.07, 6.45) is 1.51. The van der Waals surface area contributed by atoms with Gasteiger partial charge in [-0.05, 0) is 29.8 Å². The molecule has 0 saturated carbocycles. The van der Waals surface area contributed by atoms with Crippen molar-refractivity contribution in [3.63, 3.8) is 0 Å². The standard InChI is InChI=1S/C21H15N3O6S/c1-30-15-8-4-12(5-9-15)17-16(18(25)13-2-6-14(7-3-13)24(28)29)19(26)20(27)23(17)21-22-10-11-31-21/h2-11,17,25H,1H3/b18-16+. The molecule has 1 aliphatic rings. The van der Waals surface area contributed by atoms with Crippen molar-refractivity contribution in [1.29, 1.82) is 0 Å². The van der Waals surface area contributed by atoms with E-state index in [0.29, 0.717) is 16.4 Å². The minimum absolute atomic E-state index is 0.126. The molecule has 0 bridgehead atoms. The Bertz CT molecular complexity index is 1190. The van der Waals surface area contributed by atoms with Gasteiger partial charge in [-0.15, -0.1) is 11.3 Å². The molecule has 156 valence electrons. The number of aliphatic hydroxyl groups is 1. The molecular formula is C21H15N3O6S. The van der Waals surface area contributed by atoms with Crippen molar-refractivity contribution >= 4 is 39.6 Å². The number of ether oxygens (including phenoxy) is 1. The van der Waals surface area contributed by atoms with Crippen molar-refractivity contribution in [2.45, 2.75) is 6.04 Å². The minimum Gasteiger partial charge on any atom is -0.507 e. The number of amides is 1. The average Bonchev–Trinajstić information content (AvgIpc) is 3.40. The van der Waals surface area contributed by atoms with Crippen LogP contribution in [0.25, 0.3) is 5.76 Å². The molecule has 1 aliphatic heterocycles. The maximum absolute atomic E-state index is 12.9. The van der Waals surface area contributed by atoms with Gasteiger partial charge in [-0.3, -0.25) is 24.6 Å². The Morgan fingerprint density at radius 3 is 2.39 bits per heavy atom. The number of thiazole rings is 1. The highest BCUT2D eigenvalue weighted by Gasteiger charge is 2.48. The van der Waals surface area contributed by atoms with Crippen LogP contribution in [-0.2, 0) is 9.59 Å². The molecule has 10 heteroatoms. The first-order valence-electron chi connectivity index (χ1n) is 9.01. The van der Waals surface area contributed by atoms with Gasteiger partial charge in [0.05, 0.1) is 23.6 Å². The number of ketones is 1. The first-order chi connectivity index (χ1) is 14.9. The van der Waals surface area contributed by atoms with Crippen LogP contribution in [0.5, 0.6) is 5.75 Å². The number of aromatic nitrogens is 1. The summed E-state index contributed by atoms with van der Waals surface area (Å²) < 4.78 is 5.17. The van der Waals surface area contributed by atoms with Crippen molar-refractivity contribution in [2.24, 2.45) is 0 Å². The number of rotatable bonds is 5. The van der Waals surface area contributed by atoms with E-state index in [2.05, 4.69) is 4.98 Å². The normalized spacial score (nSPS) is 17.7. The lowest BCUT2D eigenvalue weighted by atomic mass is 9.95. The van der Waals surface area contributed by atoms with Crippen LogP contribution in [0.1, 0.15) is 17.2 Å². The third-order valence-corrected chi connectivity index (χ3v) is 5.62. The number of non-ortho nitro benzene ring substituents is 1. The first kappa shape index (κ1) is 20.2. The fraction of sp³-hybridized carbons (Fsp3) is 0.0952. The number of carbonyl (C=O) groups excluding carboxylic acids is 2. The van der Waals surface area contributed by atoms with E-state index in [1.165, 1.54) is 53.8 Å². The Balaban J connectivity index is 1.88. The molecule has 1 amide bonds. The Labute approximate surface area is 180 Å². The molecule has 1 atom stereocenters. The third kappa shape index (κ3) is 3.53. The number of methoxy groups -OCH3 is 1. The summed E-state index contributed by atoms with van der Waals surface area (Å²) in [4.78, 5) is 41.6. The molecule has 1 N–H and O–H groups in total. The van der Waals surface area contributed by atoms with E-state index in [1.54, 1.807) is 29.6 Å². The number of carbonyl (C=O) groups is 2. The second-order valence-corrected chi connectivity index (χ2v) is 7.43. The number of nitro benzene ring substituents is 1. The molecule has 1 unspecified atom stereocenters. The molecule has 31 heavy (non-hydrogen) atoms. The molecule has 1 fully saturated rings. The van der Waals surface area contributed by atoms with Crippen molar-refractivity contribution < 1.29 is 24.4 Å². The van der Waals surface area contributed by atoms with Crippen LogP contribution < -0.4 is 9.64 Å². The molecule has 2 heterocycles. The van der Waals surface area contributed by atoms with E-state index < -0.39 is 28.4 Å². The highest BCUT2D eigenvalue weighted by atomic mass is 32.1. The van der Waals surface area contributed by atoms with Gasteiger partial charge in [0.15, 0.2) is 5.13 Å². The summed E-state index contributed by atoms with van der Waals surface area (Å²) in [5.41, 5.74) is 0.464. The maximum Gasteiger partial charge on any atom is 0.301 e. The highest BCUT2D eigenvalue weighted by Crippen LogP contribution is 2.43. The Hall–Kier alpha value is -4.05. The van der Waals surface area contributed by atoms with E-state index in [1.807, 2.05) is 0 Å². The molecule has 0 spiro atoms. The summed E-state index contributed by atoms with van der Waals surface area (Å²) in [6.45, 7) is 0. The molecule has 0 aliphatic carbocycles. The number of hydrogen-bond donors (Lipinski definition) is 1. The van der Waals surface area contributed by atoms with Crippen LogP contribution in [0.3, 0.4) is 0 Å². The number of nitro groups is 1. The predicted molar refractivity (Wildman–Crippen MR) is 113 cm³/mol. The van der Waals surface area contributed by atoms with Gasteiger partial charge in [0, 0.05) is 29.3 Å². The second-order valence-electron chi connectivity index (χ2n) is 6.56. The van der Waals surface area contributed by atoms with Crippen LogP contribution >= 0.6 is 11.3 Å². The average molecular weight is 437 g/mol. The summed E-state index contributed by atoms with van der Waals surface area (Å²) in [5, 5.41) is 23.8. The van der Waals surface area contributed by atoms with E-state index >= 15 is 0 Å². The van der Waals surface area contributed by atoms with E-state index in [0.717, 1.165) is 0 Å². The van der Waals surface area contributed by atoms with Gasteiger partial charge in [-0.25, -0.2) is 4.98 Å². The van der Waals surface area contributed by atoms with Crippen LogP contribution in [0, 0.1) is 10.1 Å². The van der Waals surface area contributed by atoms with Gasteiger partial charge >= 0.3 is 5.91 Å². The zero-order valence-corrected chi connectivity index (χ0v) is 16.9. The number of hydrogen-bond acceptors (Lipinski definition) is 8. The second kappa shape index (κ2) is 8.00. The van der Waals surface area contributed by atoms with Crippen LogP contribution in [0.15, 0.2) is 65.7 Å². The number of nitrogens with zero attached hydrogens (tertiary/aromatic N) is 3. The monoisotopic (exact) mass is 437 g/mol. The van der Waals surface area contributed by atoms with Gasteiger partial charge in [-0.1, -0.05) is 12.1 Å². The number of aliphatic hydroxyl groups excluding tert-OH is 1. The van der Waals surface area contributed by atoms with Crippen molar-refractivity contribution in [2.75, 3.05) is 12.0 Å². The molecule has 9 nitrogen and oxygen atoms in total. The largest absolute Gasteiger partial charge is 0.507 e. The molecule has 1 saturated heterocycles. The quantitative estimate of drug-likeness (QED) is 0.212. The van der Waals surface area contributed by atoms with E-state index in [-0.39, 0.29) is 16.8 Å². The van der Waals surface area contributed by atoms with Gasteiger partial charge in [0.25, 0.3) is 11.5 Å². The molecule has 4 rings (SSSR count). The van der Waals surface area contributed by atoms with Crippen molar-refractivity contribution in [3.05, 3.63) is 86.9 Å². The number of anilines is 1. The van der Waals surface area contributed by atoms with Gasteiger partial charge in [0.2, 0.25) is 0 Å². The van der Waals surface area contributed by atoms with Crippen LogP contribution in [-0.4, -0.2) is 33.8 Å². The molecule has 1 aromatic heterocycles. The van der Waals surface area contributed by atoms with Crippen LogP contribution in [0.2, 0.25) is 0 Å². The summed E-state index contributed by atoms with van der Waals surface area (Å²) >= 11 is 1.18. The SMILES string of the molecule is COc1ccc(C2/C(=C(\O)c3ccc([N+](=O)[O-])cc3)C(=O)C(=O)N2c2nccs2)cc1. The Morgan fingerprint density at radius 2 is 1.84 bits per heavy atom. The van der Waals surface area contributed by atoms with E-state index in [9.17, 15) is 24.8 Å². The fourth-order valence-electron chi connectivity index (χ4n) is 3.36. The lowest BCUT2D eigenvalue weighted by molar-refractivity contribution is -0.384. The fourth-order valence-corrected chi connectivity index (χ4v) is 4.03. The summed E-state index contributed by atoms with van der Waals surface area (Å²) in [6, 6.07) is 10.9. The zero-order valence-electron chi connectivity index (χ0n) is 16.1. The topological polar surface area (TPSA) is 123 Å². The minimum atomic E-state index is -0.924. The Morgan fingerprint density at radius 1 is 1.16 bits per heavy atom. The highest BCUT2D eigenvalue weighted by molar-refractivity contribution is 7.14. The van der Waals surface area contributed by atoms with Gasteiger partial charge in [0.1, 0.15) is 11.5 Å². The predicted octanol–water partition coefficient (Wildman–Crippen LogP) is 3.69. The molecule has 3 aromatic rings. The Kier molecular flexibility index (Phi) is 5.22. The lowest BCUT2D eigenvalue weighted by Crippen LogP contribution is -2.29. The summed E-state index contributed by atoms with van der Waals surface area (Å²) in [7, 11) is 1.52.